The van der Waals surface area contributed by atoms with Gasteiger partial charge in [0.2, 0.25) is 0 Å². The first-order valence-corrected chi connectivity index (χ1v) is 7.09. The van der Waals surface area contributed by atoms with Gasteiger partial charge in [0.05, 0.1) is 10.6 Å². The Morgan fingerprint density at radius 2 is 2.00 bits per heavy atom. The molecule has 0 aromatic heterocycles. The average Bonchev–Trinajstić information content (AvgIpc) is 2.32. The minimum atomic E-state index is 0.218. The smallest absolute Gasteiger partial charge is 0.139 e. The summed E-state index contributed by atoms with van der Waals surface area (Å²) in [5, 5.41) is 0.486. The molecule has 0 saturated heterocycles. The maximum absolute atomic E-state index is 6.10. The standard InChI is InChI=1S/C14H11BrClNOS/c1-8-7-9(15)5-6-11(8)18-12-4-2-3-10(16)13(12)14(17)19/h2-7H,1H3,(H2,17,19). The molecule has 0 unspecified atom stereocenters. The van der Waals surface area contributed by atoms with Gasteiger partial charge in [-0.3, -0.25) is 0 Å². The second-order valence-corrected chi connectivity index (χ2v) is 5.75. The van der Waals surface area contributed by atoms with Crippen molar-refractivity contribution in [3.05, 3.63) is 57.0 Å². The molecule has 0 aliphatic carbocycles. The monoisotopic (exact) mass is 355 g/mol. The van der Waals surface area contributed by atoms with E-state index >= 15 is 0 Å². The average molecular weight is 357 g/mol. The lowest BCUT2D eigenvalue weighted by Gasteiger charge is -2.13. The van der Waals surface area contributed by atoms with E-state index in [1.54, 1.807) is 18.2 Å². The van der Waals surface area contributed by atoms with E-state index in [0.29, 0.717) is 16.3 Å². The van der Waals surface area contributed by atoms with Crippen LogP contribution in [0, 0.1) is 6.92 Å². The van der Waals surface area contributed by atoms with Crippen molar-refractivity contribution in [3.8, 4) is 11.5 Å². The minimum Gasteiger partial charge on any atom is -0.456 e. The first-order valence-electron chi connectivity index (χ1n) is 5.51. The van der Waals surface area contributed by atoms with E-state index in [1.807, 2.05) is 25.1 Å². The van der Waals surface area contributed by atoms with E-state index in [4.69, 9.17) is 34.3 Å². The highest BCUT2D eigenvalue weighted by Gasteiger charge is 2.12. The largest absolute Gasteiger partial charge is 0.456 e. The molecule has 0 heterocycles. The molecule has 2 nitrogen and oxygen atoms in total. The van der Waals surface area contributed by atoms with Gasteiger partial charge in [0.1, 0.15) is 16.5 Å². The van der Waals surface area contributed by atoms with E-state index in [0.717, 1.165) is 15.8 Å². The van der Waals surface area contributed by atoms with E-state index < -0.39 is 0 Å². The first kappa shape index (κ1) is 14.3. The van der Waals surface area contributed by atoms with Crippen LogP contribution < -0.4 is 10.5 Å². The molecule has 0 aliphatic heterocycles. The summed E-state index contributed by atoms with van der Waals surface area (Å²) < 4.78 is 6.86. The molecule has 2 aromatic carbocycles. The molecule has 0 atom stereocenters. The molecule has 2 aromatic rings. The van der Waals surface area contributed by atoms with Crippen molar-refractivity contribution in [2.24, 2.45) is 5.73 Å². The van der Waals surface area contributed by atoms with E-state index in [9.17, 15) is 0 Å². The molecule has 0 spiro atoms. The predicted molar refractivity (Wildman–Crippen MR) is 86.3 cm³/mol. The van der Waals surface area contributed by atoms with Crippen molar-refractivity contribution in [1.29, 1.82) is 0 Å². The topological polar surface area (TPSA) is 35.2 Å². The van der Waals surface area contributed by atoms with Crippen molar-refractivity contribution < 1.29 is 4.74 Å². The van der Waals surface area contributed by atoms with Crippen molar-refractivity contribution in [3.63, 3.8) is 0 Å². The summed E-state index contributed by atoms with van der Waals surface area (Å²) in [6.45, 7) is 1.96. The van der Waals surface area contributed by atoms with Crippen LogP contribution in [0.4, 0.5) is 0 Å². The van der Waals surface area contributed by atoms with E-state index in [1.165, 1.54) is 0 Å². The van der Waals surface area contributed by atoms with Gasteiger partial charge in [-0.2, -0.15) is 0 Å². The van der Waals surface area contributed by atoms with E-state index in [-0.39, 0.29) is 4.99 Å². The quantitative estimate of drug-likeness (QED) is 0.799. The SMILES string of the molecule is Cc1cc(Br)ccc1Oc1cccc(Cl)c1C(N)=S. The Balaban J connectivity index is 2.44. The Morgan fingerprint density at radius 1 is 1.26 bits per heavy atom. The van der Waals surface area contributed by atoms with Gasteiger partial charge in [0.25, 0.3) is 0 Å². The van der Waals surface area contributed by atoms with Crippen molar-refractivity contribution in [2.45, 2.75) is 6.92 Å². The van der Waals surface area contributed by atoms with Gasteiger partial charge in [0, 0.05) is 4.47 Å². The molecule has 0 amide bonds. The zero-order valence-electron chi connectivity index (χ0n) is 10.1. The lowest BCUT2D eigenvalue weighted by atomic mass is 10.2. The van der Waals surface area contributed by atoms with Crippen molar-refractivity contribution >= 4 is 44.7 Å². The lowest BCUT2D eigenvalue weighted by Crippen LogP contribution is -2.11. The summed E-state index contributed by atoms with van der Waals surface area (Å²) in [6.07, 6.45) is 0. The summed E-state index contributed by atoms with van der Waals surface area (Å²) in [6, 6.07) is 11.1. The van der Waals surface area contributed by atoms with Gasteiger partial charge in [-0.1, -0.05) is 45.8 Å². The van der Waals surface area contributed by atoms with Crippen LogP contribution >= 0.6 is 39.7 Å². The fraction of sp³-hybridized carbons (Fsp3) is 0.0714. The Labute approximate surface area is 130 Å². The fourth-order valence-corrected chi connectivity index (χ4v) is 2.68. The number of rotatable bonds is 3. The van der Waals surface area contributed by atoms with Crippen LogP contribution in [-0.2, 0) is 0 Å². The van der Waals surface area contributed by atoms with Crippen LogP contribution in [0.15, 0.2) is 40.9 Å². The molecule has 0 radical (unpaired) electrons. The van der Waals surface area contributed by atoms with Crippen LogP contribution in [0.2, 0.25) is 5.02 Å². The molecule has 5 heteroatoms. The Kier molecular flexibility index (Phi) is 4.45. The predicted octanol–water partition coefficient (Wildman–Crippen LogP) is 4.84. The van der Waals surface area contributed by atoms with E-state index in [2.05, 4.69) is 15.9 Å². The maximum atomic E-state index is 6.10. The third-order valence-corrected chi connectivity index (χ3v) is 3.59. The molecular formula is C14H11BrClNOS. The highest BCUT2D eigenvalue weighted by atomic mass is 79.9. The number of benzene rings is 2. The second-order valence-electron chi connectivity index (χ2n) is 3.99. The Bertz CT molecular complexity index is 645. The zero-order valence-corrected chi connectivity index (χ0v) is 13.3. The lowest BCUT2D eigenvalue weighted by molar-refractivity contribution is 0.478. The van der Waals surface area contributed by atoms with Gasteiger partial charge in [-0.25, -0.2) is 0 Å². The zero-order chi connectivity index (χ0) is 14.0. The minimum absolute atomic E-state index is 0.218. The normalized spacial score (nSPS) is 10.3. The first-order chi connectivity index (χ1) is 8.99. The number of ether oxygens (including phenoxy) is 1. The van der Waals surface area contributed by atoms with Gasteiger partial charge < -0.3 is 10.5 Å². The number of halogens is 2. The van der Waals surface area contributed by atoms with Crippen LogP contribution in [0.5, 0.6) is 11.5 Å². The molecular weight excluding hydrogens is 346 g/mol. The Hall–Kier alpha value is -1.10. The highest BCUT2D eigenvalue weighted by molar-refractivity contribution is 9.10. The summed E-state index contributed by atoms with van der Waals surface area (Å²) in [5.74, 6) is 1.30. The second kappa shape index (κ2) is 5.90. The third kappa shape index (κ3) is 3.26. The van der Waals surface area contributed by atoms with Crippen molar-refractivity contribution in [1.82, 2.24) is 0 Å². The number of thiocarbonyl (C=S) groups is 1. The molecule has 0 fully saturated rings. The van der Waals surface area contributed by atoms with Crippen LogP contribution in [0.3, 0.4) is 0 Å². The van der Waals surface area contributed by atoms with Gasteiger partial charge >= 0.3 is 0 Å². The fourth-order valence-electron chi connectivity index (χ4n) is 1.67. The summed E-state index contributed by atoms with van der Waals surface area (Å²) in [4.78, 5) is 0.218. The number of hydrogen-bond donors (Lipinski definition) is 1. The molecule has 0 saturated carbocycles. The molecule has 2 rings (SSSR count). The van der Waals surface area contributed by atoms with Crippen LogP contribution in [-0.4, -0.2) is 4.99 Å². The summed E-state index contributed by atoms with van der Waals surface area (Å²) in [5.41, 5.74) is 7.25. The van der Waals surface area contributed by atoms with Gasteiger partial charge in [-0.15, -0.1) is 0 Å². The van der Waals surface area contributed by atoms with Crippen molar-refractivity contribution in [2.75, 3.05) is 0 Å². The van der Waals surface area contributed by atoms with Gasteiger partial charge in [-0.05, 0) is 42.8 Å². The summed E-state index contributed by atoms with van der Waals surface area (Å²) >= 11 is 14.5. The van der Waals surface area contributed by atoms with Crippen LogP contribution in [0.1, 0.15) is 11.1 Å². The molecule has 2 N–H and O–H groups in total. The molecule has 98 valence electrons. The maximum Gasteiger partial charge on any atom is 0.139 e. The summed E-state index contributed by atoms with van der Waals surface area (Å²) in [7, 11) is 0. The van der Waals surface area contributed by atoms with Gasteiger partial charge in [0.15, 0.2) is 0 Å². The molecule has 0 bridgehead atoms. The van der Waals surface area contributed by atoms with Crippen LogP contribution in [0.25, 0.3) is 0 Å². The number of aryl methyl sites for hydroxylation is 1. The number of hydrogen-bond acceptors (Lipinski definition) is 2. The highest BCUT2D eigenvalue weighted by Crippen LogP contribution is 2.32. The third-order valence-electron chi connectivity index (χ3n) is 2.58. The Morgan fingerprint density at radius 3 is 2.63 bits per heavy atom. The molecule has 19 heavy (non-hydrogen) atoms. The number of nitrogens with two attached hydrogens (primary N) is 1. The molecule has 0 aliphatic rings.